The predicted molar refractivity (Wildman–Crippen MR) is 78.8 cm³/mol. The second-order valence-corrected chi connectivity index (χ2v) is 4.78. The molecule has 0 unspecified atom stereocenters. The Labute approximate surface area is 115 Å². The lowest BCUT2D eigenvalue weighted by Gasteiger charge is -2.09. The molecule has 0 heterocycles. The molecule has 0 bridgehead atoms. The van der Waals surface area contributed by atoms with Gasteiger partial charge in [-0.05, 0) is 34.7 Å². The van der Waals surface area contributed by atoms with E-state index >= 15 is 0 Å². The zero-order valence-corrected chi connectivity index (χ0v) is 10.8. The monoisotopic (exact) mass is 271 g/mol. The molecule has 0 aliphatic rings. The summed E-state index contributed by atoms with van der Waals surface area (Å²) in [4.78, 5) is 0. The van der Waals surface area contributed by atoms with Crippen LogP contribution in [0.2, 0.25) is 5.02 Å². The number of halogens is 2. The quantitative estimate of drug-likeness (QED) is 0.627. The van der Waals surface area contributed by atoms with E-state index < -0.39 is 0 Å². The maximum Gasteiger partial charge on any atom is 0.131 e. The third-order valence-corrected chi connectivity index (χ3v) is 3.51. The van der Waals surface area contributed by atoms with E-state index in [2.05, 4.69) is 0 Å². The molecular formula is C16H11ClFN. The average molecular weight is 272 g/mol. The Morgan fingerprint density at radius 3 is 2.37 bits per heavy atom. The Hall–Kier alpha value is -2.06. The summed E-state index contributed by atoms with van der Waals surface area (Å²) in [5, 5.41) is 1.97. The van der Waals surface area contributed by atoms with Crippen molar-refractivity contribution in [1.82, 2.24) is 0 Å². The molecule has 0 aliphatic carbocycles. The average Bonchev–Trinajstić information content (AvgIpc) is 2.43. The minimum Gasteiger partial charge on any atom is -0.398 e. The van der Waals surface area contributed by atoms with Gasteiger partial charge in [0, 0.05) is 5.39 Å². The van der Waals surface area contributed by atoms with Crippen LogP contribution in [-0.2, 0) is 0 Å². The summed E-state index contributed by atoms with van der Waals surface area (Å²) in [5.41, 5.74) is 8.12. The fourth-order valence-corrected chi connectivity index (χ4v) is 2.39. The van der Waals surface area contributed by atoms with Crippen LogP contribution in [0.3, 0.4) is 0 Å². The number of hydrogen-bond acceptors (Lipinski definition) is 1. The molecular weight excluding hydrogens is 261 g/mol. The van der Waals surface area contributed by atoms with Crippen molar-refractivity contribution in [3.63, 3.8) is 0 Å². The van der Waals surface area contributed by atoms with E-state index in [1.807, 2.05) is 24.3 Å². The van der Waals surface area contributed by atoms with Gasteiger partial charge in [0.05, 0.1) is 10.7 Å². The lowest BCUT2D eigenvalue weighted by atomic mass is 9.98. The summed E-state index contributed by atoms with van der Waals surface area (Å²) in [7, 11) is 0. The van der Waals surface area contributed by atoms with Crippen LogP contribution in [0.25, 0.3) is 21.9 Å². The number of nitrogen functional groups attached to an aromatic ring is 1. The first-order chi connectivity index (χ1) is 9.16. The molecule has 0 amide bonds. The molecule has 3 aromatic rings. The maximum absolute atomic E-state index is 13.8. The summed E-state index contributed by atoms with van der Waals surface area (Å²) in [6.45, 7) is 0. The number of nitrogens with two attached hydrogens (primary N) is 1. The number of rotatable bonds is 1. The molecule has 94 valence electrons. The van der Waals surface area contributed by atoms with E-state index in [0.29, 0.717) is 16.1 Å². The molecule has 0 spiro atoms. The van der Waals surface area contributed by atoms with Crippen LogP contribution in [0, 0.1) is 5.82 Å². The van der Waals surface area contributed by atoms with E-state index in [-0.39, 0.29) is 5.82 Å². The predicted octanol–water partition coefficient (Wildman–Crippen LogP) is 4.88. The first kappa shape index (κ1) is 12.0. The van der Waals surface area contributed by atoms with Crippen molar-refractivity contribution in [3.05, 3.63) is 65.4 Å². The van der Waals surface area contributed by atoms with Crippen molar-refractivity contribution < 1.29 is 4.39 Å². The number of hydrogen-bond donors (Lipinski definition) is 1. The smallest absolute Gasteiger partial charge is 0.131 e. The fourth-order valence-electron chi connectivity index (χ4n) is 2.21. The highest BCUT2D eigenvalue weighted by atomic mass is 35.5. The number of anilines is 1. The Morgan fingerprint density at radius 1 is 0.895 bits per heavy atom. The standard InChI is InChI=1S/C16H11ClFN/c17-14-9-10(5-8-16(14)19)11-6-7-15(18)13-4-2-1-3-12(11)13/h1-9H,19H2. The molecule has 3 aromatic carbocycles. The summed E-state index contributed by atoms with van der Waals surface area (Å²) < 4.78 is 13.8. The Balaban J connectivity index is 2.31. The highest BCUT2D eigenvalue weighted by Gasteiger charge is 2.08. The molecule has 0 radical (unpaired) electrons. The van der Waals surface area contributed by atoms with Crippen molar-refractivity contribution in [1.29, 1.82) is 0 Å². The van der Waals surface area contributed by atoms with Gasteiger partial charge >= 0.3 is 0 Å². The Morgan fingerprint density at radius 2 is 1.63 bits per heavy atom. The minimum atomic E-state index is -0.221. The second-order valence-electron chi connectivity index (χ2n) is 4.38. The topological polar surface area (TPSA) is 26.0 Å². The minimum absolute atomic E-state index is 0.221. The molecule has 1 nitrogen and oxygen atoms in total. The van der Waals surface area contributed by atoms with Crippen LogP contribution in [-0.4, -0.2) is 0 Å². The van der Waals surface area contributed by atoms with Crippen LogP contribution < -0.4 is 5.73 Å². The van der Waals surface area contributed by atoms with Crippen molar-refractivity contribution in [2.75, 3.05) is 5.73 Å². The number of fused-ring (bicyclic) bond motifs is 1. The summed E-state index contributed by atoms with van der Waals surface area (Å²) >= 11 is 6.05. The molecule has 3 heteroatoms. The maximum atomic E-state index is 13.8. The summed E-state index contributed by atoms with van der Waals surface area (Å²) in [6.07, 6.45) is 0. The van der Waals surface area contributed by atoms with Gasteiger partial charge in [-0.1, -0.05) is 48.0 Å². The van der Waals surface area contributed by atoms with Crippen LogP contribution >= 0.6 is 11.6 Å². The zero-order valence-electron chi connectivity index (χ0n) is 10.0. The van der Waals surface area contributed by atoms with Gasteiger partial charge in [-0.25, -0.2) is 4.39 Å². The highest BCUT2D eigenvalue weighted by molar-refractivity contribution is 6.33. The van der Waals surface area contributed by atoms with Gasteiger partial charge in [0.1, 0.15) is 5.82 Å². The third kappa shape index (κ3) is 2.04. The summed E-state index contributed by atoms with van der Waals surface area (Å²) in [5.74, 6) is -0.221. The van der Waals surface area contributed by atoms with E-state index in [0.717, 1.165) is 16.5 Å². The van der Waals surface area contributed by atoms with Gasteiger partial charge in [0.25, 0.3) is 0 Å². The van der Waals surface area contributed by atoms with Gasteiger partial charge < -0.3 is 5.73 Å². The van der Waals surface area contributed by atoms with Crippen molar-refractivity contribution in [2.45, 2.75) is 0 Å². The molecule has 2 N–H and O–H groups in total. The third-order valence-electron chi connectivity index (χ3n) is 3.18. The van der Waals surface area contributed by atoms with E-state index in [4.69, 9.17) is 17.3 Å². The molecule has 0 aliphatic heterocycles. The molecule has 0 fully saturated rings. The Bertz CT molecular complexity index is 768. The Kier molecular flexibility index (Phi) is 2.88. The molecule has 19 heavy (non-hydrogen) atoms. The van der Waals surface area contributed by atoms with Crippen molar-refractivity contribution >= 4 is 28.1 Å². The van der Waals surface area contributed by atoms with Crippen LogP contribution in [0.15, 0.2) is 54.6 Å². The lowest BCUT2D eigenvalue weighted by Crippen LogP contribution is -1.88. The molecule has 0 saturated heterocycles. The zero-order chi connectivity index (χ0) is 13.4. The van der Waals surface area contributed by atoms with Gasteiger partial charge in [0.2, 0.25) is 0 Å². The largest absolute Gasteiger partial charge is 0.398 e. The lowest BCUT2D eigenvalue weighted by molar-refractivity contribution is 0.640. The fraction of sp³-hybridized carbons (Fsp3) is 0. The molecule has 0 saturated carbocycles. The molecule has 3 rings (SSSR count). The van der Waals surface area contributed by atoms with Gasteiger partial charge in [-0.15, -0.1) is 0 Å². The normalized spacial score (nSPS) is 10.8. The van der Waals surface area contributed by atoms with E-state index in [9.17, 15) is 4.39 Å². The van der Waals surface area contributed by atoms with Crippen molar-refractivity contribution in [2.24, 2.45) is 0 Å². The van der Waals surface area contributed by atoms with Gasteiger partial charge in [-0.2, -0.15) is 0 Å². The van der Waals surface area contributed by atoms with Crippen molar-refractivity contribution in [3.8, 4) is 11.1 Å². The SMILES string of the molecule is Nc1ccc(-c2ccc(F)c3ccccc23)cc1Cl. The summed E-state index contributed by atoms with van der Waals surface area (Å²) in [6, 6.07) is 16.1. The van der Waals surface area contributed by atoms with E-state index in [1.165, 1.54) is 6.07 Å². The van der Waals surface area contributed by atoms with Gasteiger partial charge in [-0.3, -0.25) is 0 Å². The highest BCUT2D eigenvalue weighted by Crippen LogP contribution is 2.33. The number of benzene rings is 3. The van der Waals surface area contributed by atoms with Crippen LogP contribution in [0.5, 0.6) is 0 Å². The molecule has 0 aromatic heterocycles. The van der Waals surface area contributed by atoms with Gasteiger partial charge in [0.15, 0.2) is 0 Å². The molecule has 0 atom stereocenters. The second kappa shape index (κ2) is 4.56. The first-order valence-electron chi connectivity index (χ1n) is 5.89. The van der Waals surface area contributed by atoms with Crippen LogP contribution in [0.4, 0.5) is 10.1 Å². The first-order valence-corrected chi connectivity index (χ1v) is 6.27. The van der Waals surface area contributed by atoms with Crippen LogP contribution in [0.1, 0.15) is 0 Å². The van der Waals surface area contributed by atoms with E-state index in [1.54, 1.807) is 24.3 Å².